The Morgan fingerprint density at radius 1 is 0.974 bits per heavy atom. The zero-order valence-corrected chi connectivity index (χ0v) is 22.7. The third-order valence-electron chi connectivity index (χ3n) is 6.28. The van der Waals surface area contributed by atoms with E-state index in [-0.39, 0.29) is 6.54 Å². The topological polar surface area (TPSA) is 124 Å². The predicted octanol–water partition coefficient (Wildman–Crippen LogP) is 3.41. The number of aliphatic carboxylic acids is 1. The molecular weight excluding hydrogens is 506 g/mol. The van der Waals surface area contributed by atoms with Gasteiger partial charge >= 0.3 is 5.97 Å². The second kappa shape index (κ2) is 12.3. The van der Waals surface area contributed by atoms with Gasteiger partial charge in [0, 0.05) is 23.2 Å². The first-order valence-corrected chi connectivity index (χ1v) is 13.3. The van der Waals surface area contributed by atoms with Gasteiger partial charge in [-0.05, 0) is 64.4 Å². The van der Waals surface area contributed by atoms with Crippen molar-refractivity contribution in [3.63, 3.8) is 0 Å². The summed E-state index contributed by atoms with van der Waals surface area (Å²) in [6, 6.07) is 14.7. The molecule has 3 atom stereocenters. The smallest absolute Gasteiger partial charge is 0.326 e. The Hall–Kier alpha value is -3.66. The SMILES string of the molecule is C[C@@H](C(=O)N1CCC[C@H]1C(=O)O)N(C(=O)C(NC(=O)c1ccccc1)SC(=O)c1ccccc1)C(C)(C)C. The lowest BCUT2D eigenvalue weighted by Gasteiger charge is -2.42. The first-order valence-electron chi connectivity index (χ1n) is 12.4. The van der Waals surface area contributed by atoms with Crippen molar-refractivity contribution in [1.29, 1.82) is 0 Å². The Balaban J connectivity index is 1.94. The van der Waals surface area contributed by atoms with Gasteiger partial charge in [-0.15, -0.1) is 0 Å². The van der Waals surface area contributed by atoms with Crippen molar-refractivity contribution in [1.82, 2.24) is 15.1 Å². The Labute approximate surface area is 226 Å². The Kier molecular flexibility index (Phi) is 9.32. The molecule has 202 valence electrons. The summed E-state index contributed by atoms with van der Waals surface area (Å²) in [5, 5.41) is 10.5. The Bertz CT molecular complexity index is 1130. The number of benzene rings is 2. The zero-order valence-electron chi connectivity index (χ0n) is 21.9. The number of hydrogen-bond acceptors (Lipinski definition) is 6. The summed E-state index contributed by atoms with van der Waals surface area (Å²) >= 11 is 0.659. The number of nitrogens with one attached hydrogen (secondary N) is 1. The van der Waals surface area contributed by atoms with Crippen LogP contribution in [0.4, 0.5) is 0 Å². The van der Waals surface area contributed by atoms with Gasteiger partial charge in [0.25, 0.3) is 11.8 Å². The zero-order chi connectivity index (χ0) is 28.0. The summed E-state index contributed by atoms with van der Waals surface area (Å²) in [6.45, 7) is 7.05. The fourth-order valence-electron chi connectivity index (χ4n) is 4.55. The number of carboxylic acids is 1. The van der Waals surface area contributed by atoms with Crippen molar-refractivity contribution in [3.8, 4) is 0 Å². The van der Waals surface area contributed by atoms with Gasteiger partial charge in [0.1, 0.15) is 12.1 Å². The van der Waals surface area contributed by atoms with E-state index < -0.39 is 51.8 Å². The van der Waals surface area contributed by atoms with Crippen LogP contribution >= 0.6 is 11.8 Å². The van der Waals surface area contributed by atoms with Crippen LogP contribution < -0.4 is 5.32 Å². The monoisotopic (exact) mass is 539 g/mol. The number of likely N-dealkylation sites (tertiary alicyclic amines) is 1. The lowest BCUT2D eigenvalue weighted by Crippen LogP contribution is -2.61. The van der Waals surface area contributed by atoms with E-state index in [0.717, 1.165) is 0 Å². The fraction of sp³-hybridized carbons (Fsp3) is 0.393. The molecule has 3 amide bonds. The molecule has 1 unspecified atom stereocenters. The van der Waals surface area contributed by atoms with Gasteiger partial charge in [-0.3, -0.25) is 19.2 Å². The lowest BCUT2D eigenvalue weighted by molar-refractivity contribution is -0.155. The predicted molar refractivity (Wildman–Crippen MR) is 144 cm³/mol. The number of thioether (sulfide) groups is 1. The van der Waals surface area contributed by atoms with E-state index >= 15 is 0 Å². The van der Waals surface area contributed by atoms with Crippen molar-refractivity contribution in [2.75, 3.05) is 6.54 Å². The molecule has 2 aromatic carbocycles. The van der Waals surface area contributed by atoms with Crippen LogP contribution in [0.5, 0.6) is 0 Å². The summed E-state index contributed by atoms with van der Waals surface area (Å²) < 4.78 is 0. The van der Waals surface area contributed by atoms with E-state index in [4.69, 9.17) is 0 Å². The van der Waals surface area contributed by atoms with Crippen LogP contribution in [-0.4, -0.2) is 73.3 Å². The molecule has 0 aliphatic carbocycles. The molecule has 0 spiro atoms. The summed E-state index contributed by atoms with van der Waals surface area (Å²) in [5.74, 6) is -2.77. The van der Waals surface area contributed by atoms with Crippen LogP contribution in [0.3, 0.4) is 0 Å². The van der Waals surface area contributed by atoms with Crippen LogP contribution in [0, 0.1) is 0 Å². The largest absolute Gasteiger partial charge is 0.480 e. The molecule has 1 saturated heterocycles. The van der Waals surface area contributed by atoms with Crippen molar-refractivity contribution < 1.29 is 29.1 Å². The minimum absolute atomic E-state index is 0.279. The maximum Gasteiger partial charge on any atom is 0.326 e. The van der Waals surface area contributed by atoms with E-state index in [2.05, 4.69) is 5.32 Å². The highest BCUT2D eigenvalue weighted by Crippen LogP contribution is 2.27. The van der Waals surface area contributed by atoms with Crippen LogP contribution in [0.1, 0.15) is 61.3 Å². The molecule has 3 rings (SSSR count). The molecular formula is C28H33N3O6S. The number of carbonyl (C=O) groups is 5. The van der Waals surface area contributed by atoms with E-state index in [1.807, 2.05) is 0 Å². The summed E-state index contributed by atoms with van der Waals surface area (Å²) in [7, 11) is 0. The highest BCUT2D eigenvalue weighted by Gasteiger charge is 2.44. The maximum atomic E-state index is 14.1. The number of carbonyl (C=O) groups excluding carboxylic acids is 4. The number of amides is 3. The molecule has 10 heteroatoms. The van der Waals surface area contributed by atoms with Crippen LogP contribution in [-0.2, 0) is 14.4 Å². The molecule has 1 aliphatic rings. The van der Waals surface area contributed by atoms with Crippen LogP contribution in [0.2, 0.25) is 0 Å². The molecule has 0 bridgehead atoms. The van der Waals surface area contributed by atoms with E-state index in [1.54, 1.807) is 88.4 Å². The van der Waals surface area contributed by atoms with E-state index in [9.17, 15) is 29.1 Å². The molecule has 1 heterocycles. The third-order valence-corrected chi connectivity index (χ3v) is 7.29. The first-order chi connectivity index (χ1) is 17.9. The molecule has 0 aromatic heterocycles. The third kappa shape index (κ3) is 6.80. The standard InChI is InChI=1S/C28H33N3O6S/c1-18(24(33)30-17-11-16-21(30)26(35)36)31(28(2,3)4)25(34)23(29-22(32)19-12-7-5-8-13-19)38-27(37)20-14-9-6-10-15-20/h5-10,12-15,18,21,23H,11,16-17H2,1-4H3,(H,29,32)(H,35,36)/t18-,21-,23?/m0/s1. The Morgan fingerprint density at radius 2 is 1.53 bits per heavy atom. The van der Waals surface area contributed by atoms with E-state index in [0.29, 0.717) is 35.7 Å². The Morgan fingerprint density at radius 3 is 2.05 bits per heavy atom. The quantitative estimate of drug-likeness (QED) is 0.493. The highest BCUT2D eigenvalue weighted by molar-refractivity contribution is 8.15. The normalized spacial score (nSPS) is 16.8. The van der Waals surface area contributed by atoms with Gasteiger partial charge in [-0.1, -0.05) is 48.5 Å². The molecule has 1 fully saturated rings. The number of rotatable bonds is 8. The van der Waals surface area contributed by atoms with Gasteiger partial charge in [0.15, 0.2) is 5.37 Å². The van der Waals surface area contributed by atoms with Gasteiger partial charge in [-0.25, -0.2) is 4.79 Å². The van der Waals surface area contributed by atoms with Crippen molar-refractivity contribution >= 4 is 40.6 Å². The first kappa shape index (κ1) is 28.9. The van der Waals surface area contributed by atoms with E-state index in [1.165, 1.54) is 9.80 Å². The van der Waals surface area contributed by atoms with Gasteiger partial charge in [0.2, 0.25) is 11.0 Å². The molecule has 9 nitrogen and oxygen atoms in total. The second-order valence-electron chi connectivity index (χ2n) is 10.1. The minimum Gasteiger partial charge on any atom is -0.480 e. The molecule has 1 aliphatic heterocycles. The van der Waals surface area contributed by atoms with Crippen molar-refractivity contribution in [3.05, 3.63) is 71.8 Å². The number of hydrogen-bond donors (Lipinski definition) is 2. The molecule has 0 radical (unpaired) electrons. The number of carboxylic acid groups (broad SMARTS) is 1. The molecule has 2 N–H and O–H groups in total. The maximum absolute atomic E-state index is 14.1. The number of nitrogens with zero attached hydrogens (tertiary/aromatic N) is 2. The average Bonchev–Trinajstić information content (AvgIpc) is 3.38. The van der Waals surface area contributed by atoms with Crippen LogP contribution in [0.15, 0.2) is 60.7 Å². The summed E-state index contributed by atoms with van der Waals surface area (Å²) in [5.41, 5.74) is -0.223. The summed E-state index contributed by atoms with van der Waals surface area (Å²) in [4.78, 5) is 68.0. The van der Waals surface area contributed by atoms with Crippen molar-refractivity contribution in [2.24, 2.45) is 0 Å². The minimum atomic E-state index is -1.33. The summed E-state index contributed by atoms with van der Waals surface area (Å²) in [6.07, 6.45) is 0.893. The fourth-order valence-corrected chi connectivity index (χ4v) is 5.42. The highest BCUT2D eigenvalue weighted by atomic mass is 32.2. The second-order valence-corrected chi connectivity index (χ2v) is 11.2. The van der Waals surface area contributed by atoms with Gasteiger partial charge in [-0.2, -0.15) is 0 Å². The van der Waals surface area contributed by atoms with Crippen LogP contribution in [0.25, 0.3) is 0 Å². The van der Waals surface area contributed by atoms with Crippen molar-refractivity contribution in [2.45, 2.75) is 63.5 Å². The molecule has 2 aromatic rings. The van der Waals surface area contributed by atoms with Gasteiger partial charge < -0.3 is 20.2 Å². The lowest BCUT2D eigenvalue weighted by atomic mass is 10.0. The molecule has 38 heavy (non-hydrogen) atoms. The average molecular weight is 540 g/mol. The van der Waals surface area contributed by atoms with Gasteiger partial charge in [0.05, 0.1) is 0 Å². The molecule has 0 saturated carbocycles.